The zero-order valence-corrected chi connectivity index (χ0v) is 9.29. The van der Waals surface area contributed by atoms with Crippen LogP contribution in [0.4, 0.5) is 0 Å². The Hall–Kier alpha value is -1.01. The molecule has 3 nitrogen and oxygen atoms in total. The van der Waals surface area contributed by atoms with Crippen LogP contribution in [0.1, 0.15) is 34.1 Å². The molecule has 0 aromatic rings. The molecular weight excluding hydrogens is 178 g/mol. The maximum Gasteiger partial charge on any atom is 0.226 e. The first kappa shape index (κ1) is 13.0. The monoisotopic (exact) mass is 197 g/mol. The quantitative estimate of drug-likeness (QED) is 0.661. The largest absolute Gasteiger partial charge is 0.393 e. The van der Waals surface area contributed by atoms with Gasteiger partial charge in [0.1, 0.15) is 0 Å². The molecule has 0 aromatic carbocycles. The second-order valence-corrected chi connectivity index (χ2v) is 4.53. The van der Waals surface area contributed by atoms with Gasteiger partial charge in [0, 0.05) is 11.8 Å². The van der Waals surface area contributed by atoms with Crippen molar-refractivity contribution in [3.8, 4) is 12.3 Å². The van der Waals surface area contributed by atoms with Gasteiger partial charge in [-0.3, -0.25) is 4.79 Å². The Bertz CT molecular complexity index is 233. The van der Waals surface area contributed by atoms with Crippen molar-refractivity contribution in [2.45, 2.75) is 46.3 Å². The highest BCUT2D eigenvalue weighted by atomic mass is 16.3. The van der Waals surface area contributed by atoms with Gasteiger partial charge in [-0.05, 0) is 6.92 Å². The molecular formula is C11H19NO2. The molecule has 0 saturated heterocycles. The van der Waals surface area contributed by atoms with Gasteiger partial charge in [-0.2, -0.15) is 0 Å². The van der Waals surface area contributed by atoms with Crippen molar-refractivity contribution >= 4 is 5.91 Å². The van der Waals surface area contributed by atoms with Crippen LogP contribution in [-0.4, -0.2) is 23.2 Å². The van der Waals surface area contributed by atoms with Crippen LogP contribution in [0.2, 0.25) is 0 Å². The van der Waals surface area contributed by atoms with Gasteiger partial charge in [-0.1, -0.05) is 26.7 Å². The van der Waals surface area contributed by atoms with Gasteiger partial charge in [0.2, 0.25) is 5.91 Å². The lowest BCUT2D eigenvalue weighted by atomic mass is 9.95. The molecule has 0 spiro atoms. The van der Waals surface area contributed by atoms with Crippen LogP contribution in [0.5, 0.6) is 0 Å². The van der Waals surface area contributed by atoms with E-state index in [0.29, 0.717) is 6.42 Å². The number of carbonyl (C=O) groups excluding carboxylic acids is 1. The molecule has 3 heteroatoms. The van der Waals surface area contributed by atoms with Crippen LogP contribution in [0.3, 0.4) is 0 Å². The Balaban J connectivity index is 4.22. The number of rotatable bonds is 3. The minimum absolute atomic E-state index is 0.0962. The molecule has 0 bridgehead atoms. The molecule has 2 atom stereocenters. The van der Waals surface area contributed by atoms with Gasteiger partial charge in [0.15, 0.2) is 0 Å². The minimum Gasteiger partial charge on any atom is -0.393 e. The van der Waals surface area contributed by atoms with E-state index in [-0.39, 0.29) is 11.9 Å². The van der Waals surface area contributed by atoms with E-state index in [1.807, 2.05) is 20.8 Å². The maximum atomic E-state index is 11.5. The summed E-state index contributed by atoms with van der Waals surface area (Å²) in [6.45, 7) is 7.10. The first-order valence-corrected chi connectivity index (χ1v) is 4.72. The van der Waals surface area contributed by atoms with E-state index in [1.165, 1.54) is 0 Å². The van der Waals surface area contributed by atoms with Crippen LogP contribution >= 0.6 is 0 Å². The van der Waals surface area contributed by atoms with E-state index >= 15 is 0 Å². The molecule has 0 aliphatic rings. The van der Waals surface area contributed by atoms with Crippen LogP contribution in [0.25, 0.3) is 0 Å². The highest BCUT2D eigenvalue weighted by molar-refractivity contribution is 5.81. The maximum absolute atomic E-state index is 11.5. The summed E-state index contributed by atoms with van der Waals surface area (Å²) >= 11 is 0. The third-order valence-electron chi connectivity index (χ3n) is 1.76. The molecule has 0 aromatic heterocycles. The number of aliphatic hydroxyl groups is 1. The number of hydrogen-bond donors (Lipinski definition) is 2. The smallest absolute Gasteiger partial charge is 0.226 e. The lowest BCUT2D eigenvalue weighted by molar-refractivity contribution is -0.129. The number of terminal acetylenes is 1. The average Bonchev–Trinajstić information content (AvgIpc) is 2.00. The summed E-state index contributed by atoms with van der Waals surface area (Å²) in [5.74, 6) is 2.35. The highest BCUT2D eigenvalue weighted by Crippen LogP contribution is 2.13. The Kier molecular flexibility index (Phi) is 4.65. The summed E-state index contributed by atoms with van der Waals surface area (Å²) in [6, 6.07) is -0.387. The van der Waals surface area contributed by atoms with E-state index in [9.17, 15) is 4.79 Å². The third kappa shape index (κ3) is 4.88. The molecule has 0 radical (unpaired) electrons. The van der Waals surface area contributed by atoms with Crippen molar-refractivity contribution < 1.29 is 9.90 Å². The van der Waals surface area contributed by atoms with Crippen LogP contribution in [0, 0.1) is 17.8 Å². The molecule has 0 unspecified atom stereocenters. The topological polar surface area (TPSA) is 49.3 Å². The van der Waals surface area contributed by atoms with Crippen molar-refractivity contribution in [3.63, 3.8) is 0 Å². The standard InChI is InChI=1S/C11H19NO2/c1-6-9(7-8(2)13)12-10(14)11(3,4)5/h1,8-9,13H,7H2,2-5H3,(H,12,14)/t8-,9+/m1/s1. The second kappa shape index (κ2) is 5.02. The van der Waals surface area contributed by atoms with E-state index in [0.717, 1.165) is 0 Å². The van der Waals surface area contributed by atoms with Crippen molar-refractivity contribution in [1.82, 2.24) is 5.32 Å². The summed E-state index contributed by atoms with van der Waals surface area (Å²) in [6.07, 6.45) is 5.12. The van der Waals surface area contributed by atoms with Crippen molar-refractivity contribution in [2.75, 3.05) is 0 Å². The van der Waals surface area contributed by atoms with Gasteiger partial charge in [0.25, 0.3) is 0 Å². The lowest BCUT2D eigenvalue weighted by Gasteiger charge is -2.21. The second-order valence-electron chi connectivity index (χ2n) is 4.53. The molecule has 0 rings (SSSR count). The van der Waals surface area contributed by atoms with Crippen LogP contribution in [0.15, 0.2) is 0 Å². The van der Waals surface area contributed by atoms with Crippen LogP contribution in [-0.2, 0) is 4.79 Å². The molecule has 0 saturated carbocycles. The zero-order valence-electron chi connectivity index (χ0n) is 9.29. The Morgan fingerprint density at radius 1 is 1.57 bits per heavy atom. The van der Waals surface area contributed by atoms with Crippen LogP contribution < -0.4 is 5.32 Å². The first-order valence-electron chi connectivity index (χ1n) is 4.72. The van der Waals surface area contributed by atoms with Gasteiger partial charge in [-0.15, -0.1) is 6.42 Å². The highest BCUT2D eigenvalue weighted by Gasteiger charge is 2.23. The number of hydrogen-bond acceptors (Lipinski definition) is 2. The SMILES string of the molecule is C#C[C@@H](C[C@@H](C)O)NC(=O)C(C)(C)C. The fourth-order valence-corrected chi connectivity index (χ4v) is 0.884. The molecule has 0 aliphatic carbocycles. The molecule has 0 aliphatic heterocycles. The van der Waals surface area contributed by atoms with E-state index < -0.39 is 11.5 Å². The van der Waals surface area contributed by atoms with E-state index in [1.54, 1.807) is 6.92 Å². The number of amides is 1. The molecule has 14 heavy (non-hydrogen) atoms. The number of nitrogens with one attached hydrogen (secondary N) is 1. The van der Waals surface area contributed by atoms with Gasteiger partial charge < -0.3 is 10.4 Å². The first-order chi connectivity index (χ1) is 6.27. The third-order valence-corrected chi connectivity index (χ3v) is 1.76. The average molecular weight is 197 g/mol. The Morgan fingerprint density at radius 3 is 2.36 bits per heavy atom. The predicted octanol–water partition coefficient (Wildman–Crippen LogP) is 0.921. The number of carbonyl (C=O) groups is 1. The van der Waals surface area contributed by atoms with E-state index in [4.69, 9.17) is 11.5 Å². The minimum atomic E-state index is -0.503. The van der Waals surface area contributed by atoms with Gasteiger partial charge in [0.05, 0.1) is 12.1 Å². The number of aliphatic hydroxyl groups excluding tert-OH is 1. The lowest BCUT2D eigenvalue weighted by Crippen LogP contribution is -2.42. The van der Waals surface area contributed by atoms with Gasteiger partial charge >= 0.3 is 0 Å². The molecule has 0 fully saturated rings. The van der Waals surface area contributed by atoms with Gasteiger partial charge in [-0.25, -0.2) is 0 Å². The molecule has 0 heterocycles. The molecule has 80 valence electrons. The fourth-order valence-electron chi connectivity index (χ4n) is 0.884. The van der Waals surface area contributed by atoms with E-state index in [2.05, 4.69) is 11.2 Å². The summed E-state index contributed by atoms with van der Waals surface area (Å²) < 4.78 is 0. The van der Waals surface area contributed by atoms with Crippen molar-refractivity contribution in [2.24, 2.45) is 5.41 Å². The summed E-state index contributed by atoms with van der Waals surface area (Å²) in [7, 11) is 0. The normalized spacial score (nSPS) is 15.4. The van der Waals surface area contributed by atoms with Crippen molar-refractivity contribution in [3.05, 3.63) is 0 Å². The fraction of sp³-hybridized carbons (Fsp3) is 0.727. The summed E-state index contributed by atoms with van der Waals surface area (Å²) in [5.41, 5.74) is -0.451. The Morgan fingerprint density at radius 2 is 2.07 bits per heavy atom. The molecule has 1 amide bonds. The predicted molar refractivity (Wildman–Crippen MR) is 56.5 cm³/mol. The summed E-state index contributed by atoms with van der Waals surface area (Å²) in [5, 5.41) is 11.8. The molecule has 2 N–H and O–H groups in total. The van der Waals surface area contributed by atoms with Crippen molar-refractivity contribution in [1.29, 1.82) is 0 Å². The summed E-state index contributed by atoms with van der Waals surface area (Å²) in [4.78, 5) is 11.5. The zero-order chi connectivity index (χ0) is 11.4. The Labute approximate surface area is 85.9 Å².